The second kappa shape index (κ2) is 7.91. The number of carbonyl (C=O) groups excluding carboxylic acids is 1. The fourth-order valence-electron chi connectivity index (χ4n) is 1.53. The third-order valence-corrected chi connectivity index (χ3v) is 4.34. The van der Waals surface area contributed by atoms with E-state index in [4.69, 9.17) is 5.11 Å². The number of hydrogen-bond acceptors (Lipinski definition) is 4. The van der Waals surface area contributed by atoms with Gasteiger partial charge >= 0.3 is 0 Å². The number of sulfone groups is 1. The second-order valence-corrected chi connectivity index (χ2v) is 6.27. The molecule has 0 aliphatic heterocycles. The largest absolute Gasteiger partial charge is 0.396 e. The van der Waals surface area contributed by atoms with Crippen LogP contribution in [0.3, 0.4) is 0 Å². The zero-order chi connectivity index (χ0) is 14.1. The van der Waals surface area contributed by atoms with Crippen molar-refractivity contribution < 1.29 is 18.3 Å². The lowest BCUT2D eigenvalue weighted by atomic mass is 10.3. The highest BCUT2D eigenvalue weighted by Gasteiger charge is 2.15. The van der Waals surface area contributed by atoms with E-state index in [9.17, 15) is 13.2 Å². The number of nitrogens with one attached hydrogen (secondary N) is 1. The summed E-state index contributed by atoms with van der Waals surface area (Å²) in [5.41, 5.74) is 0. The molecule has 6 heteroatoms. The standard InChI is InChI=1S/C13H19NO4S/c15-10-5-4-9-14-13(16)8-11-19(17,18)12-6-2-1-3-7-12/h1-3,6-7,15H,4-5,8-11H2,(H,14,16). The predicted molar refractivity (Wildman–Crippen MR) is 72.4 cm³/mol. The fraction of sp³-hybridized carbons (Fsp3) is 0.462. The summed E-state index contributed by atoms with van der Waals surface area (Å²) in [6, 6.07) is 8.10. The van der Waals surface area contributed by atoms with Crippen LogP contribution in [0.25, 0.3) is 0 Å². The van der Waals surface area contributed by atoms with Crippen LogP contribution in [0, 0.1) is 0 Å². The molecule has 19 heavy (non-hydrogen) atoms. The first-order valence-corrected chi connectivity index (χ1v) is 7.87. The fourth-order valence-corrected chi connectivity index (χ4v) is 2.79. The molecule has 106 valence electrons. The van der Waals surface area contributed by atoms with Crippen LogP contribution in [0.4, 0.5) is 0 Å². The van der Waals surface area contributed by atoms with E-state index < -0.39 is 9.84 Å². The van der Waals surface area contributed by atoms with Crippen molar-refractivity contribution in [2.75, 3.05) is 18.9 Å². The molecule has 0 bridgehead atoms. The van der Waals surface area contributed by atoms with Crippen molar-refractivity contribution >= 4 is 15.7 Å². The zero-order valence-electron chi connectivity index (χ0n) is 10.7. The number of hydrogen-bond donors (Lipinski definition) is 2. The molecule has 1 aromatic carbocycles. The number of carbonyl (C=O) groups is 1. The van der Waals surface area contributed by atoms with Crippen LogP contribution < -0.4 is 5.32 Å². The van der Waals surface area contributed by atoms with Crippen LogP contribution in [0.2, 0.25) is 0 Å². The highest BCUT2D eigenvalue weighted by Crippen LogP contribution is 2.10. The summed E-state index contributed by atoms with van der Waals surface area (Å²) in [6.45, 7) is 0.559. The summed E-state index contributed by atoms with van der Waals surface area (Å²) in [6.07, 6.45) is 1.27. The average Bonchev–Trinajstić information content (AvgIpc) is 2.42. The highest BCUT2D eigenvalue weighted by molar-refractivity contribution is 7.91. The summed E-state index contributed by atoms with van der Waals surface area (Å²) < 4.78 is 23.8. The molecule has 0 saturated carbocycles. The molecule has 0 spiro atoms. The molecule has 0 aromatic heterocycles. The lowest BCUT2D eigenvalue weighted by Gasteiger charge is -2.06. The highest BCUT2D eigenvalue weighted by atomic mass is 32.2. The molecule has 0 saturated heterocycles. The van der Waals surface area contributed by atoms with Crippen molar-refractivity contribution in [3.05, 3.63) is 30.3 Å². The van der Waals surface area contributed by atoms with Gasteiger partial charge in [0.25, 0.3) is 0 Å². The van der Waals surface area contributed by atoms with Crippen molar-refractivity contribution in [2.24, 2.45) is 0 Å². The summed E-state index contributed by atoms with van der Waals surface area (Å²) >= 11 is 0. The Balaban J connectivity index is 2.37. The molecule has 0 atom stereocenters. The SMILES string of the molecule is O=C(CCS(=O)(=O)c1ccccc1)NCCCCO. The van der Waals surface area contributed by atoms with E-state index >= 15 is 0 Å². The van der Waals surface area contributed by atoms with Gasteiger partial charge in [0.2, 0.25) is 5.91 Å². The normalized spacial score (nSPS) is 11.2. The van der Waals surface area contributed by atoms with Gasteiger partial charge in [-0.1, -0.05) is 18.2 Å². The summed E-state index contributed by atoms with van der Waals surface area (Å²) in [5, 5.41) is 11.2. The van der Waals surface area contributed by atoms with E-state index in [1.807, 2.05) is 0 Å². The molecule has 0 aliphatic rings. The van der Waals surface area contributed by atoms with Gasteiger partial charge in [0.05, 0.1) is 10.6 Å². The van der Waals surface area contributed by atoms with Crippen molar-refractivity contribution in [1.29, 1.82) is 0 Å². The van der Waals surface area contributed by atoms with Crippen LogP contribution in [0.15, 0.2) is 35.2 Å². The van der Waals surface area contributed by atoms with Crippen LogP contribution in [0.1, 0.15) is 19.3 Å². The van der Waals surface area contributed by atoms with Crippen LogP contribution in [-0.4, -0.2) is 38.3 Å². The van der Waals surface area contributed by atoms with Gasteiger partial charge in [-0.05, 0) is 25.0 Å². The summed E-state index contributed by atoms with van der Waals surface area (Å²) in [7, 11) is -3.39. The average molecular weight is 285 g/mol. The zero-order valence-corrected chi connectivity index (χ0v) is 11.5. The molecule has 1 amide bonds. The number of amides is 1. The second-order valence-electron chi connectivity index (χ2n) is 4.16. The molecule has 1 aromatic rings. The molecular formula is C13H19NO4S. The molecule has 0 radical (unpaired) electrons. The minimum atomic E-state index is -3.39. The first-order chi connectivity index (χ1) is 9.06. The Morgan fingerprint density at radius 1 is 1.16 bits per heavy atom. The lowest BCUT2D eigenvalue weighted by molar-refractivity contribution is -0.120. The van der Waals surface area contributed by atoms with Gasteiger partial charge < -0.3 is 10.4 Å². The van der Waals surface area contributed by atoms with E-state index in [0.717, 1.165) is 0 Å². The van der Waals surface area contributed by atoms with Gasteiger partial charge in [-0.25, -0.2) is 8.42 Å². The van der Waals surface area contributed by atoms with Crippen molar-refractivity contribution in [2.45, 2.75) is 24.2 Å². The van der Waals surface area contributed by atoms with Crippen LogP contribution in [-0.2, 0) is 14.6 Å². The Labute approximate surface area is 113 Å². The molecule has 2 N–H and O–H groups in total. The van der Waals surface area contributed by atoms with Crippen molar-refractivity contribution in [1.82, 2.24) is 5.32 Å². The Hall–Kier alpha value is -1.40. The maximum Gasteiger partial charge on any atom is 0.221 e. The number of benzene rings is 1. The monoisotopic (exact) mass is 285 g/mol. The van der Waals surface area contributed by atoms with Crippen molar-refractivity contribution in [3.8, 4) is 0 Å². The van der Waals surface area contributed by atoms with E-state index in [0.29, 0.717) is 19.4 Å². The number of rotatable bonds is 8. The summed E-state index contributed by atoms with van der Waals surface area (Å²) in [4.78, 5) is 11.7. The van der Waals surface area contributed by atoms with Crippen LogP contribution in [0.5, 0.6) is 0 Å². The Morgan fingerprint density at radius 2 is 1.84 bits per heavy atom. The molecule has 1 rings (SSSR count). The predicted octanol–water partition coefficient (Wildman–Crippen LogP) is 0.739. The number of unbranched alkanes of at least 4 members (excludes halogenated alkanes) is 1. The van der Waals surface area contributed by atoms with Gasteiger partial charge in [0.15, 0.2) is 9.84 Å². The number of aliphatic hydroxyl groups is 1. The molecule has 5 nitrogen and oxygen atoms in total. The van der Waals surface area contributed by atoms with Gasteiger partial charge in [0.1, 0.15) is 0 Å². The minimum absolute atomic E-state index is 0.0453. The number of aliphatic hydroxyl groups excluding tert-OH is 1. The smallest absolute Gasteiger partial charge is 0.221 e. The van der Waals surface area contributed by atoms with Gasteiger partial charge in [-0.15, -0.1) is 0 Å². The third-order valence-electron chi connectivity index (χ3n) is 2.61. The maximum absolute atomic E-state index is 11.9. The Kier molecular flexibility index (Phi) is 6.52. The van der Waals surface area contributed by atoms with E-state index in [1.54, 1.807) is 18.2 Å². The Bertz CT molecular complexity index is 485. The van der Waals surface area contributed by atoms with Gasteiger partial charge in [-0.3, -0.25) is 4.79 Å². The lowest BCUT2D eigenvalue weighted by Crippen LogP contribution is -2.26. The van der Waals surface area contributed by atoms with Crippen molar-refractivity contribution in [3.63, 3.8) is 0 Å². The Morgan fingerprint density at radius 3 is 2.47 bits per heavy atom. The molecular weight excluding hydrogens is 266 g/mol. The quantitative estimate of drug-likeness (QED) is 0.690. The first-order valence-electron chi connectivity index (χ1n) is 6.21. The third kappa shape index (κ3) is 5.85. The maximum atomic E-state index is 11.9. The summed E-state index contributed by atoms with van der Waals surface area (Å²) in [5.74, 6) is -0.472. The van der Waals surface area contributed by atoms with E-state index in [1.165, 1.54) is 12.1 Å². The molecule has 0 aliphatic carbocycles. The minimum Gasteiger partial charge on any atom is -0.396 e. The topological polar surface area (TPSA) is 83.5 Å². The van der Waals surface area contributed by atoms with Gasteiger partial charge in [-0.2, -0.15) is 0 Å². The van der Waals surface area contributed by atoms with Gasteiger partial charge in [0, 0.05) is 19.6 Å². The van der Waals surface area contributed by atoms with Crippen LogP contribution >= 0.6 is 0 Å². The molecule has 0 heterocycles. The first kappa shape index (κ1) is 15.7. The van der Waals surface area contributed by atoms with E-state index in [2.05, 4.69) is 5.32 Å². The molecule has 0 unspecified atom stereocenters. The molecule has 0 fully saturated rings. The van der Waals surface area contributed by atoms with E-state index in [-0.39, 0.29) is 29.6 Å².